The van der Waals surface area contributed by atoms with Crippen molar-refractivity contribution in [2.75, 3.05) is 13.1 Å². The van der Waals surface area contributed by atoms with Crippen LogP contribution in [0.15, 0.2) is 24.6 Å². The Morgan fingerprint density at radius 3 is 2.00 bits per heavy atom. The van der Waals surface area contributed by atoms with E-state index in [4.69, 9.17) is 4.43 Å². The summed E-state index contributed by atoms with van der Waals surface area (Å²) in [5.74, 6) is 0.855. The quantitative estimate of drug-likeness (QED) is 0.519. The van der Waals surface area contributed by atoms with Crippen LogP contribution in [0, 0.1) is 5.41 Å². The van der Waals surface area contributed by atoms with Gasteiger partial charge in [0.25, 0.3) is 0 Å². The van der Waals surface area contributed by atoms with Crippen LogP contribution in [0.25, 0.3) is 0 Å². The van der Waals surface area contributed by atoms with Gasteiger partial charge in [0.2, 0.25) is 0 Å². The van der Waals surface area contributed by atoms with Gasteiger partial charge in [-0.15, -0.1) is 6.58 Å². The zero-order chi connectivity index (χ0) is 13.0. The highest BCUT2D eigenvalue weighted by atomic mass is 28.4. The minimum atomic E-state index is -2.03. The lowest BCUT2D eigenvalue weighted by Crippen LogP contribution is -2.52. The molecule has 0 rings (SSSR count). The van der Waals surface area contributed by atoms with Gasteiger partial charge in [-0.2, -0.15) is 0 Å². The van der Waals surface area contributed by atoms with Crippen LogP contribution in [0.1, 0.15) is 34.6 Å². The largest absolute Gasteiger partial charge is 0.530 e. The van der Waals surface area contributed by atoms with Crippen molar-refractivity contribution in [3.8, 4) is 0 Å². The van der Waals surface area contributed by atoms with Gasteiger partial charge in [-0.3, -0.25) is 4.57 Å². The molecule has 0 aliphatic carbocycles. The highest BCUT2D eigenvalue weighted by Gasteiger charge is 2.36. The molecule has 1 atom stereocenters. The summed E-state index contributed by atoms with van der Waals surface area (Å²) in [7, 11) is -2.03. The summed E-state index contributed by atoms with van der Waals surface area (Å²) >= 11 is 0. The third-order valence-corrected chi connectivity index (χ3v) is 6.24. The number of rotatable bonds is 6. The van der Waals surface area contributed by atoms with E-state index in [1.807, 2.05) is 5.70 Å². The standard InChI is InChI=1S/C13H27NOSi/c1-9-14(10-2)16(8,11-3)15-12(4)13(5,6)7/h11H,3-4,9-10H2,1-2,5-8H3. The van der Waals surface area contributed by atoms with Crippen molar-refractivity contribution >= 4 is 8.48 Å². The monoisotopic (exact) mass is 241 g/mol. The van der Waals surface area contributed by atoms with Crippen LogP contribution in [-0.4, -0.2) is 26.1 Å². The van der Waals surface area contributed by atoms with Gasteiger partial charge in [0.15, 0.2) is 0 Å². The minimum absolute atomic E-state index is 0.00950. The van der Waals surface area contributed by atoms with Crippen LogP contribution < -0.4 is 0 Å². The maximum absolute atomic E-state index is 6.15. The summed E-state index contributed by atoms with van der Waals surface area (Å²) in [5, 5.41) is 0. The van der Waals surface area contributed by atoms with E-state index in [-0.39, 0.29) is 5.41 Å². The first kappa shape index (κ1) is 15.5. The molecule has 0 heterocycles. The van der Waals surface area contributed by atoms with Gasteiger partial charge in [0.1, 0.15) is 0 Å². The lowest BCUT2D eigenvalue weighted by molar-refractivity contribution is 0.251. The molecule has 0 fully saturated rings. The molecule has 2 nitrogen and oxygen atoms in total. The average Bonchev–Trinajstić information content (AvgIpc) is 2.18. The Bertz CT molecular complexity index is 253. The molecule has 0 bridgehead atoms. The Labute approximate surface area is 102 Å². The summed E-state index contributed by atoms with van der Waals surface area (Å²) in [4.78, 5) is 0. The lowest BCUT2D eigenvalue weighted by atomic mass is 9.95. The van der Waals surface area contributed by atoms with E-state index >= 15 is 0 Å². The van der Waals surface area contributed by atoms with Crippen molar-refractivity contribution in [3.63, 3.8) is 0 Å². The third-order valence-electron chi connectivity index (χ3n) is 2.94. The summed E-state index contributed by atoms with van der Waals surface area (Å²) in [6.45, 7) is 22.8. The smallest absolute Gasteiger partial charge is 0.353 e. The molecular formula is C13H27NOSi. The lowest BCUT2D eigenvalue weighted by Gasteiger charge is -2.38. The van der Waals surface area contributed by atoms with Crippen molar-refractivity contribution in [1.29, 1.82) is 0 Å². The van der Waals surface area contributed by atoms with Crippen molar-refractivity contribution in [1.82, 2.24) is 4.57 Å². The number of allylic oxidation sites excluding steroid dienone is 1. The van der Waals surface area contributed by atoms with Crippen LogP contribution in [0.5, 0.6) is 0 Å². The fraction of sp³-hybridized carbons (Fsp3) is 0.692. The van der Waals surface area contributed by atoms with E-state index in [9.17, 15) is 0 Å². The van der Waals surface area contributed by atoms with E-state index < -0.39 is 8.48 Å². The minimum Gasteiger partial charge on any atom is -0.530 e. The predicted molar refractivity (Wildman–Crippen MR) is 74.4 cm³/mol. The summed E-state index contributed by atoms with van der Waals surface area (Å²) in [6, 6.07) is 0. The summed E-state index contributed by atoms with van der Waals surface area (Å²) < 4.78 is 8.51. The Balaban J connectivity index is 4.86. The molecule has 0 aromatic rings. The molecule has 3 heteroatoms. The maximum Gasteiger partial charge on any atom is 0.353 e. The molecule has 0 radical (unpaired) electrons. The van der Waals surface area contributed by atoms with Crippen LogP contribution in [-0.2, 0) is 4.43 Å². The molecule has 1 unspecified atom stereocenters. The topological polar surface area (TPSA) is 12.5 Å². The highest BCUT2D eigenvalue weighted by molar-refractivity contribution is 6.75. The van der Waals surface area contributed by atoms with E-state index in [1.165, 1.54) is 0 Å². The van der Waals surface area contributed by atoms with Crippen molar-refractivity contribution in [2.45, 2.75) is 41.2 Å². The molecular weight excluding hydrogens is 214 g/mol. The summed E-state index contributed by atoms with van der Waals surface area (Å²) in [5.41, 5.74) is 1.97. The number of hydrogen-bond acceptors (Lipinski definition) is 2. The second-order valence-electron chi connectivity index (χ2n) is 5.21. The fourth-order valence-electron chi connectivity index (χ4n) is 1.49. The van der Waals surface area contributed by atoms with Gasteiger partial charge in [-0.25, -0.2) is 0 Å². The molecule has 0 aromatic carbocycles. The van der Waals surface area contributed by atoms with Gasteiger partial charge in [-0.1, -0.05) is 41.2 Å². The SMILES string of the molecule is C=C[Si](C)(OC(=C)C(C)(C)C)N(CC)CC. The Hall–Kier alpha value is -0.543. The zero-order valence-corrected chi connectivity index (χ0v) is 12.8. The van der Waals surface area contributed by atoms with E-state index in [0.717, 1.165) is 18.8 Å². The first-order chi connectivity index (χ1) is 7.21. The molecule has 0 saturated carbocycles. The first-order valence-electron chi connectivity index (χ1n) is 5.98. The van der Waals surface area contributed by atoms with Crippen molar-refractivity contribution in [2.24, 2.45) is 5.41 Å². The van der Waals surface area contributed by atoms with Crippen molar-refractivity contribution in [3.05, 3.63) is 24.6 Å². The first-order valence-corrected chi connectivity index (χ1v) is 8.41. The second-order valence-corrected chi connectivity index (χ2v) is 8.56. The molecule has 94 valence electrons. The molecule has 0 amide bonds. The molecule has 0 saturated heterocycles. The van der Waals surface area contributed by atoms with Crippen LogP contribution >= 0.6 is 0 Å². The van der Waals surface area contributed by atoms with Gasteiger partial charge >= 0.3 is 8.48 Å². The van der Waals surface area contributed by atoms with E-state index in [0.29, 0.717) is 0 Å². The zero-order valence-electron chi connectivity index (χ0n) is 11.8. The van der Waals surface area contributed by atoms with Gasteiger partial charge in [0.05, 0.1) is 5.76 Å². The van der Waals surface area contributed by atoms with Gasteiger partial charge < -0.3 is 4.43 Å². The Kier molecular flexibility index (Phi) is 5.49. The molecule has 0 aliphatic rings. The highest BCUT2D eigenvalue weighted by Crippen LogP contribution is 2.28. The van der Waals surface area contributed by atoms with Gasteiger partial charge in [-0.05, 0) is 25.3 Å². The maximum atomic E-state index is 6.15. The Morgan fingerprint density at radius 2 is 1.75 bits per heavy atom. The van der Waals surface area contributed by atoms with Gasteiger partial charge in [0, 0.05) is 5.41 Å². The third kappa shape index (κ3) is 3.80. The molecule has 0 N–H and O–H groups in total. The van der Waals surface area contributed by atoms with Crippen molar-refractivity contribution < 1.29 is 4.43 Å². The molecule has 0 aliphatic heterocycles. The summed E-state index contributed by atoms with van der Waals surface area (Å²) in [6.07, 6.45) is 0. The van der Waals surface area contributed by atoms with Crippen LogP contribution in [0.3, 0.4) is 0 Å². The normalized spacial score (nSPS) is 15.7. The molecule has 16 heavy (non-hydrogen) atoms. The molecule has 0 spiro atoms. The number of nitrogens with zero attached hydrogens (tertiary/aromatic N) is 1. The number of hydrogen-bond donors (Lipinski definition) is 0. The van der Waals surface area contributed by atoms with Crippen LogP contribution in [0.2, 0.25) is 6.55 Å². The van der Waals surface area contributed by atoms with E-state index in [2.05, 4.69) is 58.9 Å². The van der Waals surface area contributed by atoms with E-state index in [1.54, 1.807) is 0 Å². The fourth-order valence-corrected chi connectivity index (χ4v) is 4.02. The molecule has 0 aromatic heterocycles. The van der Waals surface area contributed by atoms with Crippen LogP contribution in [0.4, 0.5) is 0 Å². The second kappa shape index (κ2) is 5.69. The Morgan fingerprint density at radius 1 is 1.31 bits per heavy atom. The predicted octanol–water partition coefficient (Wildman–Crippen LogP) is 3.70. The average molecular weight is 241 g/mol.